The highest BCUT2D eigenvalue weighted by Crippen LogP contribution is 2.29. The minimum atomic E-state index is -0.684. The van der Waals surface area contributed by atoms with Gasteiger partial charge in [0.05, 0.1) is 31.8 Å². The molecule has 0 atom stereocenters. The predicted molar refractivity (Wildman–Crippen MR) is 243 cm³/mol. The van der Waals surface area contributed by atoms with E-state index in [9.17, 15) is 19.2 Å². The standard InChI is InChI=1S/C52H72O10/c1-41(2)50(54)59-39-21-17-13-9-5-7-11-15-19-37-57-45-28-23-43(24-29-45)25-36-49(53)61-47-32-34-48(35-33-47)62-52(56)44-26-30-46(31-27-44)58-38-20-16-12-8-6-10-14-18-22-40-60-51(55)42(3)4/h23-24,28-29,32-35,44,46H,1,3,5-22,26-27,30-31,37-40H2,2,4H3. The second-order valence-electron chi connectivity index (χ2n) is 16.4. The highest BCUT2D eigenvalue weighted by Gasteiger charge is 2.28. The molecule has 0 aromatic heterocycles. The van der Waals surface area contributed by atoms with Crippen LogP contribution in [0.4, 0.5) is 0 Å². The predicted octanol–water partition coefficient (Wildman–Crippen LogP) is 11.8. The zero-order valence-corrected chi connectivity index (χ0v) is 37.7. The molecule has 0 N–H and O–H groups in total. The number of hydrogen-bond acceptors (Lipinski definition) is 10. The third kappa shape index (κ3) is 23.9. The van der Waals surface area contributed by atoms with Crippen molar-refractivity contribution in [2.24, 2.45) is 5.92 Å². The lowest BCUT2D eigenvalue weighted by atomic mass is 9.87. The normalized spacial score (nSPS) is 14.5. The maximum Gasteiger partial charge on any atom is 0.390 e. The first-order valence-electron chi connectivity index (χ1n) is 23.2. The monoisotopic (exact) mass is 857 g/mol. The molecule has 3 rings (SSSR count). The molecule has 1 saturated carbocycles. The second kappa shape index (κ2) is 31.9. The molecular formula is C52H72O10. The number of carbonyl (C=O) groups is 4. The van der Waals surface area contributed by atoms with Crippen LogP contribution in [0.15, 0.2) is 72.8 Å². The Bertz CT molecular complexity index is 1690. The van der Waals surface area contributed by atoms with Crippen molar-refractivity contribution in [2.75, 3.05) is 26.4 Å². The van der Waals surface area contributed by atoms with E-state index in [1.165, 1.54) is 64.2 Å². The lowest BCUT2D eigenvalue weighted by Crippen LogP contribution is -2.29. The Morgan fingerprint density at radius 3 is 1.39 bits per heavy atom. The Morgan fingerprint density at radius 2 is 0.919 bits per heavy atom. The van der Waals surface area contributed by atoms with Gasteiger partial charge in [0.2, 0.25) is 0 Å². The Balaban J connectivity index is 1.16. The van der Waals surface area contributed by atoms with Crippen molar-refractivity contribution in [1.29, 1.82) is 0 Å². The first-order valence-corrected chi connectivity index (χ1v) is 23.2. The fraction of sp³-hybridized carbons (Fsp3) is 0.577. The summed E-state index contributed by atoms with van der Waals surface area (Å²) in [6.45, 7) is 12.9. The third-order valence-corrected chi connectivity index (χ3v) is 10.8. The van der Waals surface area contributed by atoms with Crippen LogP contribution < -0.4 is 14.2 Å². The fourth-order valence-electron chi connectivity index (χ4n) is 7.03. The van der Waals surface area contributed by atoms with Crippen LogP contribution in [0.1, 0.15) is 161 Å². The van der Waals surface area contributed by atoms with Crippen LogP contribution in [0.2, 0.25) is 0 Å². The molecular weight excluding hydrogens is 785 g/mol. The Hall–Kier alpha value is -4.88. The lowest BCUT2D eigenvalue weighted by Gasteiger charge is -2.27. The molecule has 0 spiro atoms. The number of rotatable bonds is 31. The van der Waals surface area contributed by atoms with Crippen molar-refractivity contribution in [1.82, 2.24) is 0 Å². The zero-order chi connectivity index (χ0) is 44.6. The van der Waals surface area contributed by atoms with E-state index in [4.69, 9.17) is 28.4 Å². The van der Waals surface area contributed by atoms with E-state index in [2.05, 4.69) is 25.0 Å². The van der Waals surface area contributed by atoms with Crippen LogP contribution in [0, 0.1) is 17.8 Å². The van der Waals surface area contributed by atoms with Crippen LogP contribution in [0.5, 0.6) is 17.2 Å². The topological polar surface area (TPSA) is 124 Å². The number of carbonyl (C=O) groups excluding carboxylic acids is 4. The number of benzene rings is 2. The van der Waals surface area contributed by atoms with E-state index in [1.54, 1.807) is 38.1 Å². The molecule has 10 heteroatoms. The SMILES string of the molecule is C=C(C)C(=O)OCCCCCCCCCCCOc1ccc(C#CC(=O)Oc2ccc(OC(=O)C3CCC(OCCCCCCCCCCCOC(=O)C(=C)C)CC3)cc2)cc1. The van der Waals surface area contributed by atoms with Gasteiger partial charge in [0, 0.05) is 29.2 Å². The van der Waals surface area contributed by atoms with Crippen molar-refractivity contribution < 1.29 is 47.6 Å². The summed E-state index contributed by atoms with van der Waals surface area (Å²) in [5.41, 5.74) is 1.57. The number of esters is 4. The molecule has 62 heavy (non-hydrogen) atoms. The van der Waals surface area contributed by atoms with Gasteiger partial charge in [-0.3, -0.25) is 4.79 Å². The Kier molecular flexibility index (Phi) is 26.5. The molecule has 1 aliphatic carbocycles. The molecule has 2 aromatic rings. The van der Waals surface area contributed by atoms with E-state index in [0.29, 0.717) is 48.0 Å². The fourth-order valence-corrected chi connectivity index (χ4v) is 7.03. The van der Waals surface area contributed by atoms with Gasteiger partial charge in [-0.25, -0.2) is 14.4 Å². The van der Waals surface area contributed by atoms with Gasteiger partial charge in [0.25, 0.3) is 0 Å². The zero-order valence-electron chi connectivity index (χ0n) is 37.7. The van der Waals surface area contributed by atoms with Gasteiger partial charge in [0.1, 0.15) is 17.2 Å². The maximum atomic E-state index is 12.9. The molecule has 0 unspecified atom stereocenters. The lowest BCUT2D eigenvalue weighted by molar-refractivity contribution is -0.141. The number of unbranched alkanes of at least 4 members (excludes halogenated alkanes) is 16. The van der Waals surface area contributed by atoms with Gasteiger partial charge in [-0.15, -0.1) is 0 Å². The van der Waals surface area contributed by atoms with Gasteiger partial charge < -0.3 is 28.4 Å². The second-order valence-corrected chi connectivity index (χ2v) is 16.4. The van der Waals surface area contributed by atoms with Crippen molar-refractivity contribution in [3.8, 4) is 29.1 Å². The van der Waals surface area contributed by atoms with Gasteiger partial charge >= 0.3 is 23.9 Å². The largest absolute Gasteiger partial charge is 0.494 e. The smallest absolute Gasteiger partial charge is 0.390 e. The van der Waals surface area contributed by atoms with Crippen LogP contribution in [0.25, 0.3) is 0 Å². The van der Waals surface area contributed by atoms with Gasteiger partial charge in [0.15, 0.2) is 0 Å². The van der Waals surface area contributed by atoms with Crippen molar-refractivity contribution in [3.05, 3.63) is 78.4 Å². The molecule has 0 saturated heterocycles. The molecule has 1 aliphatic rings. The molecule has 0 heterocycles. The number of hydrogen-bond donors (Lipinski definition) is 0. The summed E-state index contributed by atoms with van der Waals surface area (Å²) in [5.74, 6) is 5.15. The average Bonchev–Trinajstić information content (AvgIpc) is 3.27. The molecule has 0 bridgehead atoms. The van der Waals surface area contributed by atoms with Crippen molar-refractivity contribution >= 4 is 23.9 Å². The molecule has 2 aromatic carbocycles. The Labute approximate surface area is 371 Å². The van der Waals surface area contributed by atoms with E-state index < -0.39 is 5.97 Å². The first-order chi connectivity index (χ1) is 30.1. The number of ether oxygens (including phenoxy) is 6. The van der Waals surface area contributed by atoms with E-state index in [0.717, 1.165) is 89.4 Å². The average molecular weight is 857 g/mol. The van der Waals surface area contributed by atoms with Crippen molar-refractivity contribution in [2.45, 2.75) is 161 Å². The molecule has 0 radical (unpaired) electrons. The first kappa shape index (κ1) is 51.5. The Morgan fingerprint density at radius 1 is 0.516 bits per heavy atom. The summed E-state index contributed by atoms with van der Waals surface area (Å²) in [7, 11) is 0. The maximum absolute atomic E-state index is 12.9. The molecule has 0 aliphatic heterocycles. The van der Waals surface area contributed by atoms with Gasteiger partial charge in [-0.05, 0) is 114 Å². The summed E-state index contributed by atoms with van der Waals surface area (Å²) in [6, 6.07) is 13.7. The van der Waals surface area contributed by atoms with E-state index >= 15 is 0 Å². The van der Waals surface area contributed by atoms with Gasteiger partial charge in [-0.1, -0.05) is 109 Å². The highest BCUT2D eigenvalue weighted by atomic mass is 16.5. The molecule has 340 valence electrons. The minimum absolute atomic E-state index is 0.156. The highest BCUT2D eigenvalue weighted by molar-refractivity contribution is 5.91. The van der Waals surface area contributed by atoms with Crippen LogP contribution in [-0.4, -0.2) is 56.4 Å². The minimum Gasteiger partial charge on any atom is -0.494 e. The van der Waals surface area contributed by atoms with E-state index in [1.807, 2.05) is 24.3 Å². The quantitative estimate of drug-likeness (QED) is 0.0238. The van der Waals surface area contributed by atoms with Crippen LogP contribution in [-0.2, 0) is 33.4 Å². The molecule has 0 amide bonds. The van der Waals surface area contributed by atoms with E-state index in [-0.39, 0.29) is 29.9 Å². The summed E-state index contributed by atoms with van der Waals surface area (Å²) >= 11 is 0. The summed E-state index contributed by atoms with van der Waals surface area (Å²) in [5, 5.41) is 0. The van der Waals surface area contributed by atoms with Gasteiger partial charge in [-0.2, -0.15) is 0 Å². The summed E-state index contributed by atoms with van der Waals surface area (Å²) in [6.07, 6.45) is 23.8. The summed E-state index contributed by atoms with van der Waals surface area (Å²) < 4.78 is 33.2. The molecule has 1 fully saturated rings. The molecule has 10 nitrogen and oxygen atoms in total. The van der Waals surface area contributed by atoms with Crippen molar-refractivity contribution in [3.63, 3.8) is 0 Å². The third-order valence-electron chi connectivity index (χ3n) is 10.8. The van der Waals surface area contributed by atoms with Crippen LogP contribution >= 0.6 is 0 Å². The van der Waals surface area contributed by atoms with Crippen LogP contribution in [0.3, 0.4) is 0 Å². The summed E-state index contributed by atoms with van der Waals surface area (Å²) in [4.78, 5) is 48.0.